The topological polar surface area (TPSA) is 54.0 Å². The van der Waals surface area contributed by atoms with Crippen LogP contribution in [0.25, 0.3) is 11.4 Å². The van der Waals surface area contributed by atoms with Gasteiger partial charge in [0.05, 0.1) is 6.10 Å². The molecular formula is C16H22N4O. The van der Waals surface area contributed by atoms with Gasteiger partial charge in [-0.2, -0.15) is 5.10 Å². The van der Waals surface area contributed by atoms with Crippen molar-refractivity contribution in [1.29, 1.82) is 0 Å². The van der Waals surface area contributed by atoms with Crippen molar-refractivity contribution in [3.63, 3.8) is 0 Å². The zero-order chi connectivity index (χ0) is 14.5. The highest BCUT2D eigenvalue weighted by Gasteiger charge is 2.16. The van der Waals surface area contributed by atoms with E-state index in [2.05, 4.69) is 45.3 Å². The van der Waals surface area contributed by atoms with E-state index in [1.807, 2.05) is 6.07 Å². The van der Waals surface area contributed by atoms with E-state index in [1.54, 1.807) is 0 Å². The highest BCUT2D eigenvalue weighted by molar-refractivity contribution is 5.55. The minimum Gasteiger partial charge on any atom is -0.377 e. The van der Waals surface area contributed by atoms with Crippen LogP contribution in [0.2, 0.25) is 0 Å². The van der Waals surface area contributed by atoms with Gasteiger partial charge in [0.25, 0.3) is 0 Å². The lowest BCUT2D eigenvalue weighted by Gasteiger charge is -2.27. The number of rotatable bonds is 5. The fourth-order valence-electron chi connectivity index (χ4n) is 2.84. The molecule has 0 saturated carbocycles. The molecule has 1 aliphatic rings. The molecule has 0 radical (unpaired) electrons. The molecule has 2 heterocycles. The number of hydrogen-bond acceptors (Lipinski definition) is 4. The van der Waals surface area contributed by atoms with E-state index in [9.17, 15) is 0 Å². The van der Waals surface area contributed by atoms with Crippen LogP contribution in [0.15, 0.2) is 30.6 Å². The maximum atomic E-state index is 5.80. The SMILES string of the molecule is CN(Cc1cccc(-c2ncn[nH]2)c1)C[C@@H]1CCCCO1. The number of aromatic amines is 1. The summed E-state index contributed by atoms with van der Waals surface area (Å²) in [6, 6.07) is 8.43. The Morgan fingerprint density at radius 3 is 3.10 bits per heavy atom. The van der Waals surface area contributed by atoms with Crippen LogP contribution in [0, 0.1) is 0 Å². The van der Waals surface area contributed by atoms with Gasteiger partial charge in [0.15, 0.2) is 5.82 Å². The van der Waals surface area contributed by atoms with Crippen molar-refractivity contribution in [2.45, 2.75) is 31.9 Å². The summed E-state index contributed by atoms with van der Waals surface area (Å²) in [4.78, 5) is 6.53. The average Bonchev–Trinajstić information content (AvgIpc) is 3.02. The molecule has 3 rings (SSSR count). The van der Waals surface area contributed by atoms with Crippen LogP contribution in [-0.2, 0) is 11.3 Å². The lowest BCUT2D eigenvalue weighted by atomic mass is 10.1. The maximum Gasteiger partial charge on any atom is 0.155 e. The Balaban J connectivity index is 1.60. The fraction of sp³-hybridized carbons (Fsp3) is 0.500. The Hall–Kier alpha value is -1.72. The molecule has 1 aliphatic heterocycles. The van der Waals surface area contributed by atoms with Crippen molar-refractivity contribution in [3.8, 4) is 11.4 Å². The highest BCUT2D eigenvalue weighted by atomic mass is 16.5. The number of aromatic nitrogens is 3. The molecule has 1 fully saturated rings. The van der Waals surface area contributed by atoms with E-state index >= 15 is 0 Å². The van der Waals surface area contributed by atoms with Crippen molar-refractivity contribution >= 4 is 0 Å². The van der Waals surface area contributed by atoms with Gasteiger partial charge in [-0.1, -0.05) is 18.2 Å². The Morgan fingerprint density at radius 2 is 2.33 bits per heavy atom. The Bertz CT molecular complexity index is 549. The molecule has 1 saturated heterocycles. The second kappa shape index (κ2) is 6.83. The molecule has 1 atom stereocenters. The number of ether oxygens (including phenoxy) is 1. The smallest absolute Gasteiger partial charge is 0.155 e. The number of benzene rings is 1. The van der Waals surface area contributed by atoms with Crippen molar-refractivity contribution in [2.75, 3.05) is 20.2 Å². The minimum absolute atomic E-state index is 0.390. The normalized spacial score (nSPS) is 19.0. The van der Waals surface area contributed by atoms with E-state index in [4.69, 9.17) is 4.74 Å². The van der Waals surface area contributed by atoms with Crippen LogP contribution in [0.1, 0.15) is 24.8 Å². The monoisotopic (exact) mass is 286 g/mol. The predicted molar refractivity (Wildman–Crippen MR) is 81.7 cm³/mol. The van der Waals surface area contributed by atoms with Crippen LogP contribution in [0.3, 0.4) is 0 Å². The number of hydrogen-bond donors (Lipinski definition) is 1. The van der Waals surface area contributed by atoms with Gasteiger partial charge in [0.2, 0.25) is 0 Å². The van der Waals surface area contributed by atoms with Crippen LogP contribution >= 0.6 is 0 Å². The van der Waals surface area contributed by atoms with Gasteiger partial charge in [-0.25, -0.2) is 4.98 Å². The van der Waals surface area contributed by atoms with E-state index in [-0.39, 0.29) is 0 Å². The Morgan fingerprint density at radius 1 is 1.38 bits per heavy atom. The van der Waals surface area contributed by atoms with Gasteiger partial charge in [-0.3, -0.25) is 10.00 Å². The molecule has 0 spiro atoms. The molecule has 0 unspecified atom stereocenters. The van der Waals surface area contributed by atoms with Gasteiger partial charge in [-0.15, -0.1) is 0 Å². The summed E-state index contributed by atoms with van der Waals surface area (Å²) >= 11 is 0. The third-order valence-corrected chi connectivity index (χ3v) is 3.86. The Kier molecular flexibility index (Phi) is 4.62. The molecule has 1 N–H and O–H groups in total. The molecule has 0 bridgehead atoms. The molecule has 112 valence electrons. The van der Waals surface area contributed by atoms with Gasteiger partial charge < -0.3 is 4.74 Å². The molecule has 21 heavy (non-hydrogen) atoms. The molecule has 5 nitrogen and oxygen atoms in total. The van der Waals surface area contributed by atoms with Crippen LogP contribution in [0.4, 0.5) is 0 Å². The van der Waals surface area contributed by atoms with Crippen LogP contribution in [-0.4, -0.2) is 46.4 Å². The zero-order valence-corrected chi connectivity index (χ0v) is 12.5. The summed E-state index contributed by atoms with van der Waals surface area (Å²) in [6.07, 6.45) is 5.61. The maximum absolute atomic E-state index is 5.80. The molecule has 5 heteroatoms. The molecule has 1 aromatic heterocycles. The summed E-state index contributed by atoms with van der Waals surface area (Å²) in [5.41, 5.74) is 2.36. The number of nitrogens with zero attached hydrogens (tertiary/aromatic N) is 3. The van der Waals surface area contributed by atoms with E-state index in [0.717, 1.165) is 31.1 Å². The molecule has 0 amide bonds. The van der Waals surface area contributed by atoms with Gasteiger partial charge >= 0.3 is 0 Å². The fourth-order valence-corrected chi connectivity index (χ4v) is 2.84. The van der Waals surface area contributed by atoms with Crippen molar-refractivity contribution < 1.29 is 4.74 Å². The zero-order valence-electron chi connectivity index (χ0n) is 12.5. The third-order valence-electron chi connectivity index (χ3n) is 3.86. The standard InChI is InChI=1S/C16H22N4O/c1-20(11-15-7-2-3-8-21-15)10-13-5-4-6-14(9-13)16-17-12-18-19-16/h4-6,9,12,15H,2-3,7-8,10-11H2,1H3,(H,17,18,19)/t15-/m0/s1. The van der Waals surface area contributed by atoms with Gasteiger partial charge in [-0.05, 0) is 37.9 Å². The van der Waals surface area contributed by atoms with Crippen LogP contribution < -0.4 is 0 Å². The second-order valence-corrected chi connectivity index (χ2v) is 5.72. The number of likely N-dealkylation sites (N-methyl/N-ethyl adjacent to an activating group) is 1. The largest absolute Gasteiger partial charge is 0.377 e. The quantitative estimate of drug-likeness (QED) is 0.917. The average molecular weight is 286 g/mol. The van der Waals surface area contributed by atoms with Crippen LogP contribution in [0.5, 0.6) is 0 Å². The summed E-state index contributed by atoms with van der Waals surface area (Å²) in [5.74, 6) is 0.815. The first-order valence-electron chi connectivity index (χ1n) is 7.56. The number of H-pyrrole nitrogens is 1. The Labute approximate surface area is 125 Å². The predicted octanol–water partition coefficient (Wildman–Crippen LogP) is 2.47. The highest BCUT2D eigenvalue weighted by Crippen LogP contribution is 2.18. The minimum atomic E-state index is 0.390. The van der Waals surface area contributed by atoms with E-state index in [0.29, 0.717) is 6.10 Å². The number of nitrogens with one attached hydrogen (secondary N) is 1. The summed E-state index contributed by atoms with van der Waals surface area (Å²) in [7, 11) is 2.15. The molecule has 0 aliphatic carbocycles. The first-order valence-corrected chi connectivity index (χ1v) is 7.56. The summed E-state index contributed by atoms with van der Waals surface area (Å²) in [6.45, 7) is 2.83. The molecular weight excluding hydrogens is 264 g/mol. The van der Waals surface area contributed by atoms with E-state index < -0.39 is 0 Å². The van der Waals surface area contributed by atoms with E-state index in [1.165, 1.54) is 31.2 Å². The molecule has 2 aromatic rings. The lowest BCUT2D eigenvalue weighted by molar-refractivity contribution is -0.00258. The first kappa shape index (κ1) is 14.2. The third kappa shape index (κ3) is 3.89. The first-order chi connectivity index (χ1) is 10.3. The van der Waals surface area contributed by atoms with Gasteiger partial charge in [0, 0.05) is 25.3 Å². The lowest BCUT2D eigenvalue weighted by Crippen LogP contribution is -2.33. The summed E-state index contributed by atoms with van der Waals surface area (Å²) in [5, 5.41) is 6.81. The van der Waals surface area contributed by atoms with Crippen molar-refractivity contribution in [1.82, 2.24) is 20.1 Å². The van der Waals surface area contributed by atoms with Crippen molar-refractivity contribution in [2.24, 2.45) is 0 Å². The van der Waals surface area contributed by atoms with Crippen molar-refractivity contribution in [3.05, 3.63) is 36.2 Å². The second-order valence-electron chi connectivity index (χ2n) is 5.72. The summed E-state index contributed by atoms with van der Waals surface area (Å²) < 4.78 is 5.80. The molecule has 1 aromatic carbocycles. The van der Waals surface area contributed by atoms with Gasteiger partial charge in [0.1, 0.15) is 6.33 Å².